The van der Waals surface area contributed by atoms with Crippen molar-refractivity contribution in [1.29, 1.82) is 5.26 Å². The molecule has 0 heterocycles. The Bertz CT molecular complexity index is 310. The van der Waals surface area contributed by atoms with Crippen LogP contribution in [0.5, 0.6) is 0 Å². The number of nitrogens with one attached hydrogen (secondary N) is 1. The lowest BCUT2D eigenvalue weighted by Crippen LogP contribution is -2.38. The molecule has 0 aromatic carbocycles. The number of nitrogens with zero attached hydrogens (tertiary/aromatic N) is 1. The molecule has 14 heavy (non-hydrogen) atoms. The van der Waals surface area contributed by atoms with Crippen LogP contribution in [0.4, 0.5) is 0 Å². The number of rotatable bonds is 4. The van der Waals surface area contributed by atoms with Gasteiger partial charge in [-0.25, -0.2) is 8.42 Å². The van der Waals surface area contributed by atoms with Crippen LogP contribution in [-0.2, 0) is 14.9 Å². The topological polar surface area (TPSA) is 79.2 Å². The molecule has 6 heteroatoms. The van der Waals surface area contributed by atoms with Crippen LogP contribution >= 0.6 is 0 Å². The summed E-state index contributed by atoms with van der Waals surface area (Å²) in [5, 5.41) is 7.50. The Labute approximate surface area is 85.1 Å². The molecular formula is C8H16N2O3S. The van der Waals surface area contributed by atoms with Crippen molar-refractivity contribution >= 4 is 10.0 Å². The molecule has 0 aromatic rings. The van der Waals surface area contributed by atoms with Gasteiger partial charge in [-0.15, -0.1) is 0 Å². The summed E-state index contributed by atoms with van der Waals surface area (Å²) in [6, 6.07) is 1.70. The van der Waals surface area contributed by atoms with Gasteiger partial charge in [0.05, 0.1) is 11.7 Å². The molecule has 1 atom stereocenters. The summed E-state index contributed by atoms with van der Waals surface area (Å²) in [7, 11) is -3.69. The maximum absolute atomic E-state index is 11.4. The lowest BCUT2D eigenvalue weighted by Gasteiger charge is -2.20. The standard InChI is InChI=1S/C8H16N2O3S/c1-5-7(6-9)14(11,12)10-13-8(2,3)4/h7,10H,5H2,1-4H3. The molecule has 5 nitrogen and oxygen atoms in total. The molecular weight excluding hydrogens is 204 g/mol. The van der Waals surface area contributed by atoms with Crippen molar-refractivity contribution in [3.05, 3.63) is 0 Å². The first kappa shape index (κ1) is 13.4. The molecule has 0 aliphatic carbocycles. The average molecular weight is 220 g/mol. The Morgan fingerprint density at radius 2 is 2.00 bits per heavy atom. The normalized spacial score (nSPS) is 14.8. The molecule has 0 rings (SSSR count). The molecule has 0 spiro atoms. The zero-order chi connectivity index (χ0) is 11.4. The van der Waals surface area contributed by atoms with E-state index in [4.69, 9.17) is 10.1 Å². The summed E-state index contributed by atoms with van der Waals surface area (Å²) in [6.07, 6.45) is 0.235. The second-order valence-electron chi connectivity index (χ2n) is 3.87. The lowest BCUT2D eigenvalue weighted by molar-refractivity contribution is -0.0359. The van der Waals surface area contributed by atoms with Crippen molar-refractivity contribution in [3.8, 4) is 6.07 Å². The van der Waals surface area contributed by atoms with E-state index in [1.165, 1.54) is 0 Å². The summed E-state index contributed by atoms with van der Waals surface area (Å²) in [6.45, 7) is 6.76. The number of sulfonamides is 1. The Hall–Kier alpha value is -0.640. The van der Waals surface area contributed by atoms with Gasteiger partial charge in [-0.05, 0) is 27.2 Å². The van der Waals surface area contributed by atoms with Crippen molar-refractivity contribution in [2.45, 2.75) is 45.0 Å². The van der Waals surface area contributed by atoms with Crippen LogP contribution < -0.4 is 4.89 Å². The summed E-state index contributed by atoms with van der Waals surface area (Å²) in [5.41, 5.74) is -0.610. The van der Waals surface area contributed by atoms with Crippen LogP contribution in [0, 0.1) is 11.3 Å². The summed E-state index contributed by atoms with van der Waals surface area (Å²) in [5.74, 6) is 0. The van der Waals surface area contributed by atoms with Crippen molar-refractivity contribution in [1.82, 2.24) is 4.89 Å². The first-order valence-electron chi connectivity index (χ1n) is 4.31. The minimum absolute atomic E-state index is 0.235. The van der Waals surface area contributed by atoms with Gasteiger partial charge >= 0.3 is 0 Å². The predicted octanol–water partition coefficient (Wildman–Crippen LogP) is 0.938. The minimum Gasteiger partial charge on any atom is -0.281 e. The van der Waals surface area contributed by atoms with Crippen LogP contribution in [0.3, 0.4) is 0 Å². The third kappa shape index (κ3) is 4.56. The average Bonchev–Trinajstić information content (AvgIpc) is 2.02. The van der Waals surface area contributed by atoms with E-state index in [1.807, 2.05) is 4.89 Å². The van der Waals surface area contributed by atoms with Gasteiger partial charge < -0.3 is 0 Å². The van der Waals surface area contributed by atoms with Crippen LogP contribution in [0.1, 0.15) is 34.1 Å². The Morgan fingerprint density at radius 3 is 2.29 bits per heavy atom. The third-order valence-corrected chi connectivity index (χ3v) is 2.86. The van der Waals surface area contributed by atoms with Crippen LogP contribution in [0.25, 0.3) is 0 Å². The molecule has 0 fully saturated rings. The summed E-state index contributed by atoms with van der Waals surface area (Å²) >= 11 is 0. The molecule has 82 valence electrons. The molecule has 1 unspecified atom stereocenters. The van der Waals surface area contributed by atoms with Crippen LogP contribution in [-0.4, -0.2) is 19.3 Å². The second-order valence-corrected chi connectivity index (χ2v) is 5.69. The molecule has 0 amide bonds. The van der Waals surface area contributed by atoms with Crippen molar-refractivity contribution in [3.63, 3.8) is 0 Å². The zero-order valence-corrected chi connectivity index (χ0v) is 9.68. The molecule has 1 N–H and O–H groups in total. The maximum atomic E-state index is 11.4. The van der Waals surface area contributed by atoms with E-state index in [0.29, 0.717) is 0 Å². The Balaban J connectivity index is 4.45. The zero-order valence-electron chi connectivity index (χ0n) is 8.86. The second kappa shape index (κ2) is 4.73. The summed E-state index contributed by atoms with van der Waals surface area (Å²) in [4.78, 5) is 6.84. The summed E-state index contributed by atoms with van der Waals surface area (Å²) < 4.78 is 22.8. The van der Waals surface area contributed by atoms with Crippen LogP contribution in [0.2, 0.25) is 0 Å². The molecule has 0 aromatic heterocycles. The van der Waals surface area contributed by atoms with E-state index in [0.717, 1.165) is 0 Å². The van der Waals surface area contributed by atoms with Gasteiger partial charge in [-0.1, -0.05) is 11.8 Å². The molecule has 0 radical (unpaired) electrons. The maximum Gasteiger partial charge on any atom is 0.249 e. The van der Waals surface area contributed by atoms with Crippen molar-refractivity contribution < 1.29 is 13.3 Å². The molecule has 0 aliphatic rings. The minimum atomic E-state index is -3.69. The number of hydrogen-bond donors (Lipinski definition) is 1. The highest BCUT2D eigenvalue weighted by molar-refractivity contribution is 7.90. The van der Waals surface area contributed by atoms with Crippen molar-refractivity contribution in [2.24, 2.45) is 0 Å². The van der Waals surface area contributed by atoms with Crippen molar-refractivity contribution in [2.75, 3.05) is 0 Å². The van der Waals surface area contributed by atoms with Gasteiger partial charge in [-0.2, -0.15) is 5.26 Å². The van der Waals surface area contributed by atoms with E-state index in [9.17, 15) is 8.42 Å². The Morgan fingerprint density at radius 1 is 1.50 bits per heavy atom. The smallest absolute Gasteiger partial charge is 0.249 e. The third-order valence-electron chi connectivity index (χ3n) is 1.35. The van der Waals surface area contributed by atoms with Gasteiger partial charge in [0.2, 0.25) is 10.0 Å². The highest BCUT2D eigenvalue weighted by Gasteiger charge is 2.25. The largest absolute Gasteiger partial charge is 0.281 e. The molecule has 0 saturated heterocycles. The quantitative estimate of drug-likeness (QED) is 0.715. The van der Waals surface area contributed by atoms with E-state index in [2.05, 4.69) is 0 Å². The highest BCUT2D eigenvalue weighted by Crippen LogP contribution is 2.08. The fourth-order valence-corrected chi connectivity index (χ4v) is 1.68. The monoisotopic (exact) mass is 220 g/mol. The fraction of sp³-hybridized carbons (Fsp3) is 0.875. The number of hydrogen-bond acceptors (Lipinski definition) is 4. The van der Waals surface area contributed by atoms with E-state index >= 15 is 0 Å². The van der Waals surface area contributed by atoms with Gasteiger partial charge in [0.25, 0.3) is 0 Å². The fourth-order valence-electron chi connectivity index (χ4n) is 0.621. The SMILES string of the molecule is CCC(C#N)S(=O)(=O)NOC(C)(C)C. The van der Waals surface area contributed by atoms with E-state index < -0.39 is 20.9 Å². The van der Waals surface area contributed by atoms with E-state index in [-0.39, 0.29) is 6.42 Å². The van der Waals surface area contributed by atoms with Gasteiger partial charge in [0, 0.05) is 0 Å². The van der Waals surface area contributed by atoms with Gasteiger partial charge in [-0.3, -0.25) is 4.84 Å². The van der Waals surface area contributed by atoms with Crippen LogP contribution in [0.15, 0.2) is 0 Å². The molecule has 0 aliphatic heterocycles. The van der Waals surface area contributed by atoms with E-state index in [1.54, 1.807) is 33.8 Å². The van der Waals surface area contributed by atoms with Gasteiger partial charge in [0.15, 0.2) is 5.25 Å². The molecule has 0 bridgehead atoms. The Kier molecular flexibility index (Phi) is 4.52. The lowest BCUT2D eigenvalue weighted by atomic mass is 10.2. The molecule has 0 saturated carbocycles. The van der Waals surface area contributed by atoms with Gasteiger partial charge in [0.1, 0.15) is 0 Å². The predicted molar refractivity (Wildman–Crippen MR) is 52.6 cm³/mol. The number of nitriles is 1. The highest BCUT2D eigenvalue weighted by atomic mass is 32.2. The first-order valence-corrected chi connectivity index (χ1v) is 5.86. The first-order chi connectivity index (χ1) is 6.23.